The smallest absolute Gasteiger partial charge is 0.119 e. The number of methoxy groups -OCH3 is 1. The maximum Gasteiger partial charge on any atom is 0.119 e. The lowest BCUT2D eigenvalue weighted by Gasteiger charge is -2.36. The molecule has 0 saturated carbocycles. The van der Waals surface area contributed by atoms with E-state index in [2.05, 4.69) is 26.1 Å². The fourth-order valence-corrected chi connectivity index (χ4v) is 4.11. The molecule has 1 heterocycles. The summed E-state index contributed by atoms with van der Waals surface area (Å²) in [5, 5.41) is 3.68. The van der Waals surface area contributed by atoms with Crippen molar-refractivity contribution < 1.29 is 8.95 Å². The second kappa shape index (κ2) is 5.41. The molecule has 4 unspecified atom stereocenters. The second-order valence-electron chi connectivity index (χ2n) is 4.80. The van der Waals surface area contributed by atoms with Crippen LogP contribution in [0.5, 0.6) is 5.75 Å². The fraction of sp³-hybridized carbons (Fsp3) is 0.571. The van der Waals surface area contributed by atoms with Gasteiger partial charge in [-0.1, -0.05) is 20.8 Å². The van der Waals surface area contributed by atoms with E-state index in [4.69, 9.17) is 4.74 Å². The third-order valence-corrected chi connectivity index (χ3v) is 5.71. The van der Waals surface area contributed by atoms with Gasteiger partial charge in [-0.15, -0.1) is 0 Å². The van der Waals surface area contributed by atoms with Gasteiger partial charge in [0.2, 0.25) is 0 Å². The number of benzene rings is 1. The van der Waals surface area contributed by atoms with Crippen molar-refractivity contribution in [2.45, 2.75) is 37.0 Å². The fourth-order valence-electron chi connectivity index (χ4n) is 2.55. The van der Waals surface area contributed by atoms with Gasteiger partial charge in [-0.05, 0) is 36.2 Å². The number of fused-ring (bicyclic) bond motifs is 1. The van der Waals surface area contributed by atoms with Gasteiger partial charge >= 0.3 is 0 Å². The quantitative estimate of drug-likeness (QED) is 0.914. The molecule has 100 valence electrons. The molecule has 1 aliphatic rings. The topological polar surface area (TPSA) is 38.3 Å². The van der Waals surface area contributed by atoms with Gasteiger partial charge in [0, 0.05) is 16.2 Å². The lowest BCUT2D eigenvalue weighted by molar-refractivity contribution is 0.368. The summed E-state index contributed by atoms with van der Waals surface area (Å²) in [6.07, 6.45) is 0. The predicted molar refractivity (Wildman–Crippen MR) is 74.4 cm³/mol. The van der Waals surface area contributed by atoms with Gasteiger partial charge in [0.15, 0.2) is 0 Å². The first-order valence-corrected chi connectivity index (χ1v) is 7.63. The van der Waals surface area contributed by atoms with Crippen molar-refractivity contribution >= 4 is 10.8 Å². The zero-order valence-electron chi connectivity index (χ0n) is 11.4. The molecule has 0 radical (unpaired) electrons. The van der Waals surface area contributed by atoms with E-state index < -0.39 is 10.8 Å². The number of nitrogens with one attached hydrogen (secondary N) is 1. The molecule has 0 aliphatic carbocycles. The van der Waals surface area contributed by atoms with Crippen LogP contribution in [0, 0.1) is 5.92 Å². The molecule has 0 aromatic heterocycles. The first-order valence-electron chi connectivity index (χ1n) is 6.42. The second-order valence-corrected chi connectivity index (χ2v) is 6.58. The highest BCUT2D eigenvalue weighted by atomic mass is 32.2. The molecule has 4 heteroatoms. The van der Waals surface area contributed by atoms with Crippen LogP contribution in [0.2, 0.25) is 0 Å². The normalized spacial score (nSPS) is 30.9. The Kier molecular flexibility index (Phi) is 4.07. The van der Waals surface area contributed by atoms with Gasteiger partial charge in [0.25, 0.3) is 0 Å². The van der Waals surface area contributed by atoms with E-state index in [1.807, 2.05) is 18.2 Å². The molecule has 1 aliphatic heterocycles. The summed E-state index contributed by atoms with van der Waals surface area (Å²) in [7, 11) is 0.742. The number of rotatable bonds is 3. The van der Waals surface area contributed by atoms with E-state index in [9.17, 15) is 4.21 Å². The molecule has 0 bridgehead atoms. The van der Waals surface area contributed by atoms with Crippen LogP contribution >= 0.6 is 0 Å². The number of hydrogen-bond donors (Lipinski definition) is 1. The molecule has 3 nitrogen and oxygen atoms in total. The molecule has 18 heavy (non-hydrogen) atoms. The lowest BCUT2D eigenvalue weighted by Crippen LogP contribution is -2.39. The number of ether oxygens (including phenoxy) is 1. The van der Waals surface area contributed by atoms with Gasteiger partial charge in [-0.2, -0.15) is 0 Å². The Labute approximate surface area is 111 Å². The van der Waals surface area contributed by atoms with Crippen molar-refractivity contribution in [1.29, 1.82) is 0 Å². The van der Waals surface area contributed by atoms with Crippen LogP contribution in [0.3, 0.4) is 0 Å². The predicted octanol–water partition coefficient (Wildman–Crippen LogP) is 2.49. The van der Waals surface area contributed by atoms with Crippen LogP contribution in [-0.4, -0.2) is 23.1 Å². The average molecular weight is 267 g/mol. The molecule has 1 aromatic carbocycles. The van der Waals surface area contributed by atoms with Gasteiger partial charge in [0.1, 0.15) is 5.75 Å². The van der Waals surface area contributed by atoms with Crippen molar-refractivity contribution in [2.24, 2.45) is 5.92 Å². The van der Waals surface area contributed by atoms with E-state index >= 15 is 0 Å². The van der Waals surface area contributed by atoms with Crippen molar-refractivity contribution in [3.05, 3.63) is 23.8 Å². The zero-order chi connectivity index (χ0) is 13.3. The lowest BCUT2D eigenvalue weighted by atomic mass is 9.91. The Morgan fingerprint density at radius 3 is 2.72 bits per heavy atom. The molecular weight excluding hydrogens is 246 g/mol. The van der Waals surface area contributed by atoms with Crippen molar-refractivity contribution in [3.8, 4) is 5.75 Å². The van der Waals surface area contributed by atoms with E-state index in [0.29, 0.717) is 5.92 Å². The maximum absolute atomic E-state index is 12.4. The highest BCUT2D eigenvalue weighted by Gasteiger charge is 2.36. The minimum atomic E-state index is -0.920. The van der Waals surface area contributed by atoms with Crippen molar-refractivity contribution in [1.82, 2.24) is 5.32 Å². The first kappa shape index (κ1) is 13.6. The Morgan fingerprint density at radius 2 is 2.11 bits per heavy atom. The van der Waals surface area contributed by atoms with Crippen LogP contribution in [0.1, 0.15) is 32.4 Å². The standard InChI is InChI=1S/C14H21NO2S/c1-5-15-14-9(2)10(3)18(16)13-7-6-11(17-4)8-12(13)14/h6-10,14-15H,5H2,1-4H3. The molecule has 0 amide bonds. The minimum absolute atomic E-state index is 0.176. The largest absolute Gasteiger partial charge is 0.497 e. The zero-order valence-corrected chi connectivity index (χ0v) is 12.2. The van der Waals surface area contributed by atoms with E-state index in [-0.39, 0.29) is 11.3 Å². The average Bonchev–Trinajstić information content (AvgIpc) is 2.40. The molecule has 0 fully saturated rings. The van der Waals surface area contributed by atoms with Crippen LogP contribution in [-0.2, 0) is 10.8 Å². The summed E-state index contributed by atoms with van der Waals surface area (Å²) in [4.78, 5) is 0.951. The Hall–Kier alpha value is -0.870. The van der Waals surface area contributed by atoms with E-state index in [0.717, 1.165) is 22.8 Å². The number of hydrogen-bond acceptors (Lipinski definition) is 3. The molecule has 4 atom stereocenters. The van der Waals surface area contributed by atoms with Crippen LogP contribution < -0.4 is 10.1 Å². The molecule has 0 saturated heterocycles. The van der Waals surface area contributed by atoms with Gasteiger partial charge in [0.05, 0.1) is 17.9 Å². The molecular formula is C14H21NO2S. The SMILES string of the molecule is CCNC1c2cc(OC)ccc2S(=O)C(C)C1C. The van der Waals surface area contributed by atoms with Gasteiger partial charge in [-0.25, -0.2) is 0 Å². The molecule has 1 aromatic rings. The molecule has 0 spiro atoms. The molecule has 1 N–H and O–H groups in total. The Balaban J connectivity index is 2.51. The van der Waals surface area contributed by atoms with Crippen LogP contribution in [0.4, 0.5) is 0 Å². The van der Waals surface area contributed by atoms with Gasteiger partial charge < -0.3 is 10.1 Å². The van der Waals surface area contributed by atoms with Crippen molar-refractivity contribution in [2.75, 3.05) is 13.7 Å². The Bertz CT molecular complexity index is 461. The van der Waals surface area contributed by atoms with Crippen LogP contribution in [0.25, 0.3) is 0 Å². The monoisotopic (exact) mass is 267 g/mol. The van der Waals surface area contributed by atoms with Gasteiger partial charge in [-0.3, -0.25) is 4.21 Å². The summed E-state index contributed by atoms with van der Waals surface area (Å²) in [6.45, 7) is 7.24. The maximum atomic E-state index is 12.4. The highest BCUT2D eigenvalue weighted by Crippen LogP contribution is 2.39. The van der Waals surface area contributed by atoms with E-state index in [1.165, 1.54) is 0 Å². The highest BCUT2D eigenvalue weighted by molar-refractivity contribution is 7.85. The summed E-state index contributed by atoms with van der Waals surface area (Å²) < 4.78 is 17.7. The van der Waals surface area contributed by atoms with Crippen LogP contribution in [0.15, 0.2) is 23.1 Å². The summed E-state index contributed by atoms with van der Waals surface area (Å²) in [6, 6.07) is 6.11. The minimum Gasteiger partial charge on any atom is -0.497 e. The summed E-state index contributed by atoms with van der Waals surface area (Å²) in [5.41, 5.74) is 1.13. The Morgan fingerprint density at radius 1 is 1.39 bits per heavy atom. The van der Waals surface area contributed by atoms with Crippen molar-refractivity contribution in [3.63, 3.8) is 0 Å². The third-order valence-electron chi connectivity index (χ3n) is 3.80. The third kappa shape index (κ3) is 2.19. The summed E-state index contributed by atoms with van der Waals surface area (Å²) in [5.74, 6) is 1.18. The first-order chi connectivity index (χ1) is 8.60. The summed E-state index contributed by atoms with van der Waals surface area (Å²) >= 11 is 0. The molecule has 2 rings (SSSR count). The van der Waals surface area contributed by atoms with E-state index in [1.54, 1.807) is 7.11 Å².